The van der Waals surface area contributed by atoms with Crippen molar-refractivity contribution >= 4 is 40.0 Å². The molecule has 1 fully saturated rings. The van der Waals surface area contributed by atoms with Gasteiger partial charge in [0.25, 0.3) is 0 Å². The van der Waals surface area contributed by atoms with Crippen molar-refractivity contribution in [2.75, 3.05) is 33.3 Å². The van der Waals surface area contributed by atoms with Crippen LogP contribution in [0.15, 0.2) is 29.5 Å². The maximum absolute atomic E-state index is 12.6. The lowest BCUT2D eigenvalue weighted by Crippen LogP contribution is -2.52. The van der Waals surface area contributed by atoms with Crippen molar-refractivity contribution < 1.29 is 26.3 Å². The van der Waals surface area contributed by atoms with E-state index in [0.717, 1.165) is 0 Å². The summed E-state index contributed by atoms with van der Waals surface area (Å²) in [5.41, 5.74) is -5.26. The number of hydrogen-bond acceptors (Lipinski definition) is 5. The number of guanidine groups is 1. The Labute approximate surface area is 179 Å². The van der Waals surface area contributed by atoms with Crippen molar-refractivity contribution in [2.24, 2.45) is 4.99 Å². The second kappa shape index (κ2) is 11.0. The number of alkyl halides is 3. The summed E-state index contributed by atoms with van der Waals surface area (Å²) in [5, 5.41) is 6.12. The Kier molecular flexibility index (Phi) is 9.69. The number of nitrogens with zero attached hydrogens (tertiary/aromatic N) is 3. The minimum atomic E-state index is -5.26. The van der Waals surface area contributed by atoms with E-state index in [0.29, 0.717) is 29.2 Å². The maximum Gasteiger partial charge on any atom is 0.511 e. The first-order chi connectivity index (χ1) is 12.7. The third-order valence-electron chi connectivity index (χ3n) is 3.95. The summed E-state index contributed by atoms with van der Waals surface area (Å²) in [6.07, 6.45) is 3.74. The molecular weight excluding hydrogens is 514 g/mol. The van der Waals surface area contributed by atoms with Crippen molar-refractivity contribution in [3.8, 4) is 5.75 Å². The zero-order valence-corrected chi connectivity index (χ0v) is 18.3. The number of rotatable bonds is 6. The number of pyridine rings is 1. The van der Waals surface area contributed by atoms with Crippen molar-refractivity contribution in [1.29, 1.82) is 0 Å². The molecule has 28 heavy (non-hydrogen) atoms. The standard InChI is InChI=1S/C15H22F3N5O3S.HI/c1-19-14(21-7-10-26-13-3-2-6-20-11-13)22-12-4-8-23(9-5-12)27(24,25)15(16,17)18;/h2-3,6,11-12H,4-5,7-10H2,1H3,(H2,19,21,22);1H. The van der Waals surface area contributed by atoms with E-state index in [1.165, 1.54) is 0 Å². The summed E-state index contributed by atoms with van der Waals surface area (Å²) < 4.78 is 66.5. The van der Waals surface area contributed by atoms with E-state index in [-0.39, 0.29) is 55.9 Å². The van der Waals surface area contributed by atoms with Crippen LogP contribution in [0.2, 0.25) is 0 Å². The van der Waals surface area contributed by atoms with Gasteiger partial charge in [-0.05, 0) is 25.0 Å². The van der Waals surface area contributed by atoms with Crippen LogP contribution in [-0.4, -0.2) is 68.5 Å². The molecule has 160 valence electrons. The Morgan fingerprint density at radius 1 is 1.39 bits per heavy atom. The molecule has 0 atom stereocenters. The average Bonchev–Trinajstić information content (AvgIpc) is 2.64. The molecule has 2 N–H and O–H groups in total. The molecule has 2 heterocycles. The molecule has 8 nitrogen and oxygen atoms in total. The molecular formula is C15H23F3IN5O3S. The summed E-state index contributed by atoms with van der Waals surface area (Å²) in [6.45, 7) is 0.436. The number of nitrogens with one attached hydrogen (secondary N) is 2. The van der Waals surface area contributed by atoms with Gasteiger partial charge in [-0.1, -0.05) is 0 Å². The lowest BCUT2D eigenvalue weighted by molar-refractivity contribution is -0.0494. The van der Waals surface area contributed by atoms with E-state index in [2.05, 4.69) is 20.6 Å². The molecule has 0 amide bonds. The van der Waals surface area contributed by atoms with Crippen LogP contribution in [0.4, 0.5) is 13.2 Å². The van der Waals surface area contributed by atoms with E-state index in [9.17, 15) is 21.6 Å². The highest BCUT2D eigenvalue weighted by Gasteiger charge is 2.50. The highest BCUT2D eigenvalue weighted by atomic mass is 127. The fourth-order valence-electron chi connectivity index (χ4n) is 2.55. The number of aliphatic imine (C=N–C) groups is 1. The molecule has 0 aromatic carbocycles. The Hall–Kier alpha value is -1.35. The topological polar surface area (TPSA) is 95.9 Å². The quantitative estimate of drug-likeness (QED) is 0.248. The van der Waals surface area contributed by atoms with Crippen molar-refractivity contribution in [3.63, 3.8) is 0 Å². The van der Waals surface area contributed by atoms with Crippen molar-refractivity contribution in [3.05, 3.63) is 24.5 Å². The predicted octanol–water partition coefficient (Wildman–Crippen LogP) is 1.56. The van der Waals surface area contributed by atoms with Gasteiger partial charge < -0.3 is 15.4 Å². The fourth-order valence-corrected chi connectivity index (χ4v) is 3.53. The SMILES string of the molecule is CN=C(NCCOc1cccnc1)NC1CCN(S(=O)(=O)C(F)(F)F)CC1.I. The predicted molar refractivity (Wildman–Crippen MR) is 109 cm³/mol. The van der Waals surface area contributed by atoms with Gasteiger partial charge in [0.05, 0.1) is 12.7 Å². The molecule has 13 heteroatoms. The van der Waals surface area contributed by atoms with Crippen molar-refractivity contribution in [2.45, 2.75) is 24.4 Å². The second-order valence-electron chi connectivity index (χ2n) is 5.80. The van der Waals surface area contributed by atoms with Crippen LogP contribution in [0, 0.1) is 0 Å². The minimum Gasteiger partial charge on any atom is -0.490 e. The molecule has 0 radical (unpaired) electrons. The molecule has 0 aliphatic carbocycles. The number of sulfonamides is 1. The molecule has 1 saturated heterocycles. The van der Waals surface area contributed by atoms with Gasteiger partial charge in [-0.2, -0.15) is 17.5 Å². The zero-order valence-electron chi connectivity index (χ0n) is 15.1. The van der Waals surface area contributed by atoms with Gasteiger partial charge in [0.1, 0.15) is 12.4 Å². The molecule has 0 bridgehead atoms. The molecule has 0 saturated carbocycles. The zero-order chi connectivity index (χ0) is 19.9. The van der Waals surface area contributed by atoms with Crippen molar-refractivity contribution in [1.82, 2.24) is 19.9 Å². The van der Waals surface area contributed by atoms with Gasteiger partial charge in [0.2, 0.25) is 0 Å². The third-order valence-corrected chi connectivity index (χ3v) is 5.58. The molecule has 1 aliphatic heterocycles. The lowest BCUT2D eigenvalue weighted by Gasteiger charge is -2.32. The second-order valence-corrected chi connectivity index (χ2v) is 7.73. The van der Waals surface area contributed by atoms with E-state index in [4.69, 9.17) is 4.74 Å². The molecule has 0 unspecified atom stereocenters. The Bertz CT molecular complexity index is 726. The smallest absolute Gasteiger partial charge is 0.490 e. The first kappa shape index (κ1) is 24.7. The van der Waals surface area contributed by atoms with Gasteiger partial charge in [-0.25, -0.2) is 8.42 Å². The first-order valence-electron chi connectivity index (χ1n) is 8.30. The van der Waals surface area contributed by atoms with Crippen LogP contribution in [0.3, 0.4) is 0 Å². The number of piperidine rings is 1. The fraction of sp³-hybridized carbons (Fsp3) is 0.600. The minimum absolute atomic E-state index is 0. The summed E-state index contributed by atoms with van der Waals surface area (Å²) >= 11 is 0. The van der Waals surface area contributed by atoms with Crippen LogP contribution in [0.5, 0.6) is 5.75 Å². The molecule has 1 aliphatic rings. The summed E-state index contributed by atoms with van der Waals surface area (Å²) in [6, 6.07) is 3.37. The van der Waals surface area contributed by atoms with Crippen LogP contribution >= 0.6 is 24.0 Å². The highest BCUT2D eigenvalue weighted by Crippen LogP contribution is 2.28. The van der Waals surface area contributed by atoms with Gasteiger partial charge in [-0.15, -0.1) is 24.0 Å². The molecule has 2 rings (SSSR count). The van der Waals surface area contributed by atoms with Crippen LogP contribution in [0.25, 0.3) is 0 Å². The lowest BCUT2D eigenvalue weighted by atomic mass is 10.1. The van der Waals surface area contributed by atoms with Crippen LogP contribution in [0.1, 0.15) is 12.8 Å². The van der Waals surface area contributed by atoms with Crippen LogP contribution in [-0.2, 0) is 10.0 Å². The van der Waals surface area contributed by atoms with E-state index in [1.807, 2.05) is 0 Å². The molecule has 0 spiro atoms. The average molecular weight is 537 g/mol. The first-order valence-corrected chi connectivity index (χ1v) is 9.74. The normalized spacial score (nSPS) is 16.9. The number of ether oxygens (including phenoxy) is 1. The molecule has 1 aromatic heterocycles. The highest BCUT2D eigenvalue weighted by molar-refractivity contribution is 14.0. The summed E-state index contributed by atoms with van der Waals surface area (Å²) in [7, 11) is -3.69. The third kappa shape index (κ3) is 6.92. The number of hydrogen-bond donors (Lipinski definition) is 2. The van der Waals surface area contributed by atoms with Gasteiger partial charge in [-0.3, -0.25) is 9.98 Å². The van der Waals surface area contributed by atoms with E-state index < -0.39 is 15.5 Å². The molecule has 1 aromatic rings. The number of aromatic nitrogens is 1. The Balaban J connectivity index is 0.00000392. The van der Waals surface area contributed by atoms with E-state index >= 15 is 0 Å². The monoisotopic (exact) mass is 537 g/mol. The summed E-state index contributed by atoms with van der Waals surface area (Å²) in [4.78, 5) is 7.98. The van der Waals surface area contributed by atoms with Gasteiger partial charge in [0, 0.05) is 32.4 Å². The maximum atomic E-state index is 12.6. The largest absolute Gasteiger partial charge is 0.511 e. The Morgan fingerprint density at radius 3 is 2.61 bits per heavy atom. The van der Waals surface area contributed by atoms with Crippen LogP contribution < -0.4 is 15.4 Å². The Morgan fingerprint density at radius 2 is 2.07 bits per heavy atom. The summed E-state index contributed by atoms with van der Waals surface area (Å²) in [5.74, 6) is 1.11. The van der Waals surface area contributed by atoms with E-state index in [1.54, 1.807) is 31.6 Å². The van der Waals surface area contributed by atoms with Gasteiger partial charge >= 0.3 is 15.5 Å². The van der Waals surface area contributed by atoms with Gasteiger partial charge in [0.15, 0.2) is 5.96 Å². The number of halogens is 4.